The molecule has 52 valence electrons. The largest absolute Gasteiger partial charge is 1.00 e. The summed E-state index contributed by atoms with van der Waals surface area (Å²) in [5.74, 6) is 0.472. The van der Waals surface area contributed by atoms with Crippen LogP contribution in [0.25, 0.3) is 0 Å². The number of hydrogen-bond acceptors (Lipinski definition) is 2. The van der Waals surface area contributed by atoms with Crippen LogP contribution in [-0.2, 0) is 10.4 Å². The van der Waals surface area contributed by atoms with E-state index in [1.54, 1.807) is 0 Å². The van der Waals surface area contributed by atoms with Crippen molar-refractivity contribution >= 4 is 22.0 Å². The van der Waals surface area contributed by atoms with Gasteiger partial charge in [0.15, 0.2) is 0 Å². The molecule has 0 heterocycles. The Morgan fingerprint density at radius 3 is 1.44 bits per heavy atom. The first-order valence-corrected chi connectivity index (χ1v) is 3.40. The summed E-state index contributed by atoms with van der Waals surface area (Å²) >= 11 is 4.89. The molecule has 0 aliphatic heterocycles. The quantitative estimate of drug-likeness (QED) is 0.188. The predicted octanol–water partition coefficient (Wildman–Crippen LogP) is -2.59. The van der Waals surface area contributed by atoms with Crippen LogP contribution < -0.4 is 29.6 Å². The molecule has 0 aromatic carbocycles. The molecule has 0 aliphatic rings. The molecule has 7 heteroatoms. The summed E-state index contributed by atoms with van der Waals surface area (Å²) in [7, 11) is -4.67. The van der Waals surface area contributed by atoms with E-state index in [-0.39, 0.29) is 29.6 Å². The van der Waals surface area contributed by atoms with Crippen molar-refractivity contribution in [2.75, 3.05) is 5.88 Å². The number of rotatable bonds is 0. The van der Waals surface area contributed by atoms with Gasteiger partial charge in [0.05, 0.1) is 0 Å². The minimum absolute atomic E-state index is 0. The van der Waals surface area contributed by atoms with Crippen LogP contribution in [-0.4, -0.2) is 23.4 Å². The summed E-state index contributed by atoms with van der Waals surface area (Å²) in [6.45, 7) is 3.25. The van der Waals surface area contributed by atoms with Crippen molar-refractivity contribution in [1.29, 1.82) is 0 Å². The van der Waals surface area contributed by atoms with Crippen LogP contribution in [0.4, 0.5) is 0 Å². The molecule has 0 atom stereocenters. The molecule has 0 saturated heterocycles. The second-order valence-corrected chi connectivity index (χ2v) is 1.91. The molecule has 0 aromatic heterocycles. The SMILES string of the molecule is O=S(=O)(O)O.[CH2-]CCl.[Na+]. The third kappa shape index (κ3) is 349. The molecule has 0 amide bonds. The standard InChI is InChI=1S/C2H4Cl.Na.H2O4S/c1-2-3;;1-5(2,3)4/h1-2H2;;(H2,1,2,3,4)/q-1;+1;. The zero-order chi connectivity index (χ0) is 7.21. The van der Waals surface area contributed by atoms with Crippen LogP contribution in [0.3, 0.4) is 0 Å². The third-order valence-electron chi connectivity index (χ3n) is 0. The first kappa shape index (κ1) is 16.6. The van der Waals surface area contributed by atoms with E-state index in [9.17, 15) is 0 Å². The van der Waals surface area contributed by atoms with Gasteiger partial charge in [-0.2, -0.15) is 20.0 Å². The Morgan fingerprint density at radius 1 is 1.44 bits per heavy atom. The van der Waals surface area contributed by atoms with E-state index in [4.69, 9.17) is 29.1 Å². The molecule has 0 saturated carbocycles. The fraction of sp³-hybridized carbons (Fsp3) is 0.500. The summed E-state index contributed by atoms with van der Waals surface area (Å²) in [6, 6.07) is 0. The third-order valence-corrected chi connectivity index (χ3v) is 0. The van der Waals surface area contributed by atoms with E-state index in [0.29, 0.717) is 5.88 Å². The van der Waals surface area contributed by atoms with Crippen molar-refractivity contribution < 1.29 is 47.1 Å². The first-order valence-electron chi connectivity index (χ1n) is 1.47. The van der Waals surface area contributed by atoms with E-state index in [0.717, 1.165) is 0 Å². The molecule has 2 N–H and O–H groups in total. The molecule has 0 aromatic rings. The van der Waals surface area contributed by atoms with Crippen LogP contribution in [0.5, 0.6) is 0 Å². The Morgan fingerprint density at radius 2 is 1.44 bits per heavy atom. The predicted molar refractivity (Wildman–Crippen MR) is 30.3 cm³/mol. The van der Waals surface area contributed by atoms with Gasteiger partial charge in [0.2, 0.25) is 0 Å². The molecular formula is C2H6ClNaO4S. The van der Waals surface area contributed by atoms with Crippen molar-refractivity contribution in [3.05, 3.63) is 6.92 Å². The molecule has 0 aliphatic carbocycles. The van der Waals surface area contributed by atoms with E-state index < -0.39 is 10.4 Å². The average molecular weight is 185 g/mol. The van der Waals surface area contributed by atoms with E-state index in [1.165, 1.54) is 0 Å². The molecule has 0 radical (unpaired) electrons. The van der Waals surface area contributed by atoms with Gasteiger partial charge in [0.1, 0.15) is 0 Å². The molecule has 9 heavy (non-hydrogen) atoms. The van der Waals surface area contributed by atoms with Gasteiger partial charge in [0, 0.05) is 0 Å². The van der Waals surface area contributed by atoms with Gasteiger partial charge in [-0.25, -0.2) is 0 Å². The number of halogens is 1. The van der Waals surface area contributed by atoms with Crippen LogP contribution >= 0.6 is 11.6 Å². The molecule has 0 rings (SSSR count). The Kier molecular flexibility index (Phi) is 16.9. The second-order valence-electron chi connectivity index (χ2n) is 0.637. The molecule has 0 unspecified atom stereocenters. The maximum atomic E-state index is 8.74. The smallest absolute Gasteiger partial charge is 0.329 e. The fourth-order valence-corrected chi connectivity index (χ4v) is 0. The average Bonchev–Trinajstić information content (AvgIpc) is 1.27. The van der Waals surface area contributed by atoms with Gasteiger partial charge in [-0.3, -0.25) is 9.11 Å². The van der Waals surface area contributed by atoms with E-state index in [2.05, 4.69) is 6.92 Å². The molecular weight excluding hydrogens is 179 g/mol. The maximum Gasteiger partial charge on any atom is 1.00 e. The Balaban J connectivity index is -0.0000000800. The number of hydrogen-bond donors (Lipinski definition) is 2. The van der Waals surface area contributed by atoms with Crippen molar-refractivity contribution in [1.82, 2.24) is 0 Å². The van der Waals surface area contributed by atoms with E-state index >= 15 is 0 Å². The summed E-state index contributed by atoms with van der Waals surface area (Å²) < 4.78 is 31.6. The molecule has 0 fully saturated rings. The second kappa shape index (κ2) is 9.16. The molecule has 0 bridgehead atoms. The van der Waals surface area contributed by atoms with Gasteiger partial charge in [0.25, 0.3) is 0 Å². The zero-order valence-electron chi connectivity index (χ0n) is 4.91. The fourth-order valence-electron chi connectivity index (χ4n) is 0. The Bertz CT molecular complexity index is 113. The molecule has 4 nitrogen and oxygen atoms in total. The van der Waals surface area contributed by atoms with Gasteiger partial charge in [-0.15, -0.1) is 5.88 Å². The zero-order valence-corrected chi connectivity index (χ0v) is 8.48. The van der Waals surface area contributed by atoms with E-state index in [1.807, 2.05) is 0 Å². The Labute approximate surface area is 81.5 Å². The van der Waals surface area contributed by atoms with Crippen molar-refractivity contribution in [2.24, 2.45) is 0 Å². The van der Waals surface area contributed by atoms with Crippen molar-refractivity contribution in [3.8, 4) is 0 Å². The normalized spacial score (nSPS) is 8.44. The van der Waals surface area contributed by atoms with Crippen LogP contribution in [0.1, 0.15) is 0 Å². The van der Waals surface area contributed by atoms with Gasteiger partial charge < -0.3 is 6.92 Å². The number of alkyl halides is 1. The van der Waals surface area contributed by atoms with Gasteiger partial charge >= 0.3 is 40.0 Å². The minimum atomic E-state index is -4.67. The van der Waals surface area contributed by atoms with Crippen LogP contribution in [0.15, 0.2) is 0 Å². The molecule has 0 spiro atoms. The first-order chi connectivity index (χ1) is 3.41. The van der Waals surface area contributed by atoms with Crippen LogP contribution in [0.2, 0.25) is 0 Å². The maximum absolute atomic E-state index is 8.74. The topological polar surface area (TPSA) is 74.6 Å². The Hall–Kier alpha value is 1.16. The minimum Gasteiger partial charge on any atom is -0.329 e. The monoisotopic (exact) mass is 184 g/mol. The summed E-state index contributed by atoms with van der Waals surface area (Å²) in [5, 5.41) is 0. The summed E-state index contributed by atoms with van der Waals surface area (Å²) in [6.07, 6.45) is 0. The van der Waals surface area contributed by atoms with Crippen molar-refractivity contribution in [3.63, 3.8) is 0 Å². The van der Waals surface area contributed by atoms with Gasteiger partial charge in [-0.05, 0) is 0 Å². The van der Waals surface area contributed by atoms with Crippen LogP contribution in [0, 0.1) is 6.92 Å². The summed E-state index contributed by atoms with van der Waals surface area (Å²) in [4.78, 5) is 0. The van der Waals surface area contributed by atoms with Gasteiger partial charge in [-0.1, -0.05) is 0 Å². The summed E-state index contributed by atoms with van der Waals surface area (Å²) in [5.41, 5.74) is 0. The van der Waals surface area contributed by atoms with Crippen molar-refractivity contribution in [2.45, 2.75) is 0 Å².